The summed E-state index contributed by atoms with van der Waals surface area (Å²) < 4.78 is 28.9. The van der Waals surface area contributed by atoms with Crippen LogP contribution in [0.1, 0.15) is 46.2 Å². The molecular weight excluding hydrogens is 588 g/mol. The van der Waals surface area contributed by atoms with Crippen molar-refractivity contribution in [3.63, 3.8) is 0 Å². The number of thiazole rings is 1. The minimum Gasteiger partial charge on any atom is -0.391 e. The maximum Gasteiger partial charge on any atom is 0.283 e. The zero-order chi connectivity index (χ0) is 29.1. The number of halogens is 1. The largest absolute Gasteiger partial charge is 0.391 e. The Kier molecular flexibility index (Phi) is 7.62. The van der Waals surface area contributed by atoms with E-state index in [0.29, 0.717) is 33.9 Å². The Labute approximate surface area is 247 Å². The Morgan fingerprint density at radius 2 is 2.02 bits per heavy atom. The van der Waals surface area contributed by atoms with Crippen molar-refractivity contribution in [1.29, 1.82) is 0 Å². The van der Waals surface area contributed by atoms with Crippen LogP contribution in [-0.4, -0.2) is 113 Å². The Bertz CT molecular complexity index is 1610. The van der Waals surface area contributed by atoms with E-state index < -0.39 is 22.2 Å². The Morgan fingerprint density at radius 3 is 2.78 bits per heavy atom. The Hall–Kier alpha value is -2.55. The molecule has 1 aromatic carbocycles. The van der Waals surface area contributed by atoms with Gasteiger partial charge in [0.25, 0.3) is 15.9 Å². The fraction of sp³-hybridized carbons (Fsp3) is 0.519. The second-order valence-electron chi connectivity index (χ2n) is 11.1. The van der Waals surface area contributed by atoms with Gasteiger partial charge in [-0.05, 0) is 44.7 Å². The van der Waals surface area contributed by atoms with Gasteiger partial charge in [0.2, 0.25) is 5.91 Å². The van der Waals surface area contributed by atoms with Crippen molar-refractivity contribution in [2.24, 2.45) is 0 Å². The number of hydrogen-bond donors (Lipinski definition) is 2. The van der Waals surface area contributed by atoms with Crippen LogP contribution in [0.25, 0.3) is 10.9 Å². The lowest BCUT2D eigenvalue weighted by molar-refractivity contribution is -0.127. The van der Waals surface area contributed by atoms with Crippen LogP contribution in [0.4, 0.5) is 0 Å². The van der Waals surface area contributed by atoms with Crippen LogP contribution in [0.5, 0.6) is 0 Å². The first-order chi connectivity index (χ1) is 19.5. The van der Waals surface area contributed by atoms with Gasteiger partial charge in [0.05, 0.1) is 18.2 Å². The number of nitrogens with one attached hydrogen (secondary N) is 1. The summed E-state index contributed by atoms with van der Waals surface area (Å²) >= 11 is 7.51. The first kappa shape index (κ1) is 28.6. The molecule has 0 spiro atoms. The molecule has 3 aliphatic rings. The molecule has 3 aromatic rings. The number of likely N-dealkylation sites (N-methyl/N-ethyl adjacent to an activating group) is 1. The molecule has 5 heterocycles. The number of aromatic amines is 1. The minimum atomic E-state index is -3.90. The summed E-state index contributed by atoms with van der Waals surface area (Å²) in [7, 11) is -1.84. The van der Waals surface area contributed by atoms with Crippen LogP contribution in [0, 0.1) is 0 Å². The number of piperazine rings is 1. The maximum atomic E-state index is 13.9. The number of aromatic nitrogens is 2. The van der Waals surface area contributed by atoms with Gasteiger partial charge in [-0.1, -0.05) is 11.6 Å². The number of carbonyl (C=O) groups excluding carboxylic acids is 2. The van der Waals surface area contributed by atoms with Crippen molar-refractivity contribution in [2.45, 2.75) is 49.4 Å². The number of likely N-dealkylation sites (tertiary alicyclic amines) is 1. The van der Waals surface area contributed by atoms with Crippen LogP contribution in [0.3, 0.4) is 0 Å². The molecular formula is C27H33ClN6O5S2. The van der Waals surface area contributed by atoms with Crippen molar-refractivity contribution >= 4 is 55.7 Å². The number of aliphatic hydroxyl groups is 1. The third kappa shape index (κ3) is 5.39. The number of amides is 2. The molecule has 2 fully saturated rings. The zero-order valence-electron chi connectivity index (χ0n) is 22.9. The van der Waals surface area contributed by atoms with E-state index in [-0.39, 0.29) is 55.5 Å². The summed E-state index contributed by atoms with van der Waals surface area (Å²) in [4.78, 5) is 40.5. The van der Waals surface area contributed by atoms with Crippen LogP contribution in [0.2, 0.25) is 5.02 Å². The predicted octanol–water partition coefficient (Wildman–Crippen LogP) is 2.33. The van der Waals surface area contributed by atoms with Gasteiger partial charge in [-0.25, -0.2) is 13.4 Å². The molecule has 14 heteroatoms. The van der Waals surface area contributed by atoms with Crippen LogP contribution in [-0.2, 0) is 21.2 Å². The molecule has 2 N–H and O–H groups in total. The van der Waals surface area contributed by atoms with E-state index in [9.17, 15) is 23.1 Å². The normalized spacial score (nSPS) is 24.4. The zero-order valence-corrected chi connectivity index (χ0v) is 25.3. The van der Waals surface area contributed by atoms with E-state index in [0.717, 1.165) is 23.5 Å². The van der Waals surface area contributed by atoms with E-state index in [1.165, 1.54) is 15.6 Å². The summed E-state index contributed by atoms with van der Waals surface area (Å²) in [6.45, 7) is 3.95. The molecule has 2 amide bonds. The lowest BCUT2D eigenvalue weighted by atomic mass is 10.1. The number of nitrogens with zero attached hydrogens (tertiary/aromatic N) is 5. The van der Waals surface area contributed by atoms with E-state index in [4.69, 9.17) is 16.6 Å². The first-order valence-electron chi connectivity index (χ1n) is 13.8. The van der Waals surface area contributed by atoms with E-state index >= 15 is 0 Å². The number of H-pyrrole nitrogens is 1. The molecule has 220 valence electrons. The fourth-order valence-corrected chi connectivity index (χ4v) is 8.79. The molecule has 3 unspecified atom stereocenters. The highest BCUT2D eigenvalue weighted by atomic mass is 35.5. The minimum absolute atomic E-state index is 0.0665. The molecule has 3 atom stereocenters. The molecule has 2 aromatic heterocycles. The van der Waals surface area contributed by atoms with Crippen molar-refractivity contribution in [3.05, 3.63) is 44.9 Å². The highest BCUT2D eigenvalue weighted by Gasteiger charge is 2.39. The van der Waals surface area contributed by atoms with E-state index in [1.807, 2.05) is 0 Å². The molecule has 0 aliphatic carbocycles. The molecule has 11 nitrogen and oxygen atoms in total. The SMILES string of the molecule is CC1c2sc(C(=O)N3CCN(S(=O)(=O)c4cc5cc(Cl)ccc5[nH]4)CC3CCN3CC(O)CC3=O)nc2CCN1C. The fourth-order valence-electron chi connectivity index (χ4n) is 5.95. The number of hydrogen-bond acceptors (Lipinski definition) is 8. The topological polar surface area (TPSA) is 130 Å². The van der Waals surface area contributed by atoms with Gasteiger partial charge < -0.3 is 19.9 Å². The first-order valence-corrected chi connectivity index (χ1v) is 16.4. The molecule has 0 bridgehead atoms. The predicted molar refractivity (Wildman–Crippen MR) is 156 cm³/mol. The second kappa shape index (κ2) is 10.9. The van der Waals surface area contributed by atoms with Gasteiger partial charge in [-0.15, -0.1) is 11.3 Å². The molecule has 6 rings (SSSR count). The van der Waals surface area contributed by atoms with Crippen LogP contribution >= 0.6 is 22.9 Å². The lowest BCUT2D eigenvalue weighted by Crippen LogP contribution is -2.57. The van der Waals surface area contributed by atoms with Crippen LogP contribution in [0.15, 0.2) is 29.3 Å². The molecule has 3 aliphatic heterocycles. The average Bonchev–Trinajstić information content (AvgIpc) is 3.65. The molecule has 41 heavy (non-hydrogen) atoms. The van der Waals surface area contributed by atoms with Crippen molar-refractivity contribution in [1.82, 2.24) is 29.0 Å². The number of sulfonamides is 1. The standard InChI is InChI=1S/C27H33ClN6O5S2/c1-16-25-22(6-7-31(16)2)30-26(40-25)27(37)34-10-9-33(14-19(34)5-8-32-15-20(35)13-24(32)36)41(38,39)23-12-17-11-18(28)3-4-21(17)29-23/h3-4,11-12,16,19-20,29,35H,5-10,13-15H2,1-2H3. The maximum absolute atomic E-state index is 13.9. The average molecular weight is 621 g/mol. The summed E-state index contributed by atoms with van der Waals surface area (Å²) in [5.74, 6) is -0.354. The Morgan fingerprint density at radius 1 is 1.22 bits per heavy atom. The third-order valence-electron chi connectivity index (χ3n) is 8.46. The highest BCUT2D eigenvalue weighted by molar-refractivity contribution is 7.89. The summed E-state index contributed by atoms with van der Waals surface area (Å²) in [6, 6.07) is 6.42. The molecule has 0 radical (unpaired) electrons. The monoisotopic (exact) mass is 620 g/mol. The van der Waals surface area contributed by atoms with Gasteiger partial charge in [0.1, 0.15) is 5.03 Å². The van der Waals surface area contributed by atoms with Crippen LogP contribution < -0.4 is 0 Å². The smallest absolute Gasteiger partial charge is 0.283 e. The van der Waals surface area contributed by atoms with Gasteiger partial charge >= 0.3 is 0 Å². The Balaban J connectivity index is 1.26. The van der Waals surface area contributed by atoms with Gasteiger partial charge in [-0.2, -0.15) is 4.31 Å². The van der Waals surface area contributed by atoms with Gasteiger partial charge in [0, 0.05) is 78.6 Å². The van der Waals surface area contributed by atoms with Gasteiger partial charge in [0.15, 0.2) is 5.01 Å². The number of aliphatic hydroxyl groups excluding tert-OH is 1. The summed E-state index contributed by atoms with van der Waals surface area (Å²) in [5.41, 5.74) is 1.62. The number of fused-ring (bicyclic) bond motifs is 2. The number of benzene rings is 1. The lowest BCUT2D eigenvalue weighted by Gasteiger charge is -2.40. The number of rotatable bonds is 6. The summed E-state index contributed by atoms with van der Waals surface area (Å²) in [5, 5.41) is 11.6. The summed E-state index contributed by atoms with van der Waals surface area (Å²) in [6.07, 6.45) is 0.531. The number of carbonyl (C=O) groups is 2. The van der Waals surface area contributed by atoms with Crippen molar-refractivity contribution in [3.8, 4) is 0 Å². The molecule has 2 saturated heterocycles. The second-order valence-corrected chi connectivity index (χ2v) is 14.5. The third-order valence-corrected chi connectivity index (χ3v) is 11.7. The van der Waals surface area contributed by atoms with E-state index in [1.54, 1.807) is 34.1 Å². The van der Waals surface area contributed by atoms with Crippen molar-refractivity contribution < 1.29 is 23.1 Å². The van der Waals surface area contributed by atoms with E-state index in [2.05, 4.69) is 23.9 Å². The quantitative estimate of drug-likeness (QED) is 0.433. The molecule has 0 saturated carbocycles. The van der Waals surface area contributed by atoms with Crippen molar-refractivity contribution in [2.75, 3.05) is 46.3 Å². The van der Waals surface area contributed by atoms with Gasteiger partial charge in [-0.3, -0.25) is 14.5 Å². The number of β-amino-alcohol motifs (C(OH)–C–C–N with tert-alkyl or cyclic N) is 1. The highest BCUT2D eigenvalue weighted by Crippen LogP contribution is 2.34.